The molecule has 0 fully saturated rings. The van der Waals surface area contributed by atoms with Crippen molar-refractivity contribution in [2.75, 3.05) is 30.4 Å². The van der Waals surface area contributed by atoms with E-state index in [1.54, 1.807) is 0 Å². The number of aromatic nitrogens is 4. The molecule has 0 spiro atoms. The van der Waals surface area contributed by atoms with Gasteiger partial charge in [0.15, 0.2) is 0 Å². The van der Waals surface area contributed by atoms with Crippen LogP contribution < -0.4 is 10.2 Å². The second kappa shape index (κ2) is 7.03. The lowest BCUT2D eigenvalue weighted by atomic mass is 10.2. The maximum Gasteiger partial charge on any atom is 0.134 e. The monoisotopic (exact) mass is 290 g/mol. The lowest BCUT2D eigenvalue weighted by Crippen LogP contribution is -2.19. The van der Waals surface area contributed by atoms with E-state index in [-0.39, 0.29) is 6.61 Å². The zero-order chi connectivity index (χ0) is 15.2. The highest BCUT2D eigenvalue weighted by atomic mass is 16.3. The van der Waals surface area contributed by atoms with Gasteiger partial charge in [0.1, 0.15) is 18.0 Å². The van der Waals surface area contributed by atoms with Crippen molar-refractivity contribution in [1.82, 2.24) is 19.7 Å². The van der Waals surface area contributed by atoms with Crippen LogP contribution in [0.15, 0.2) is 18.6 Å². The predicted octanol–water partition coefficient (Wildman–Crippen LogP) is 1.04. The molecular formula is C14H22N6O. The molecule has 0 saturated carbocycles. The summed E-state index contributed by atoms with van der Waals surface area (Å²) in [4.78, 5) is 10.5. The molecule has 2 heterocycles. The number of aryl methyl sites for hydroxylation is 1. The summed E-state index contributed by atoms with van der Waals surface area (Å²) in [5.74, 6) is 1.54. The number of aliphatic hydroxyl groups excluding tert-OH is 1. The lowest BCUT2D eigenvalue weighted by molar-refractivity contribution is 0.311. The molecule has 0 unspecified atom stereocenters. The van der Waals surface area contributed by atoms with Gasteiger partial charge in [0.25, 0.3) is 0 Å². The van der Waals surface area contributed by atoms with E-state index in [2.05, 4.69) is 39.1 Å². The molecule has 0 aliphatic carbocycles. The molecule has 0 amide bonds. The number of anilines is 2. The quantitative estimate of drug-likeness (QED) is 0.793. The van der Waals surface area contributed by atoms with Gasteiger partial charge in [0.05, 0.1) is 12.8 Å². The molecule has 7 heteroatoms. The first-order chi connectivity index (χ1) is 10.2. The molecule has 0 aliphatic heterocycles. The van der Waals surface area contributed by atoms with E-state index < -0.39 is 0 Å². The summed E-state index contributed by atoms with van der Waals surface area (Å²) in [6.07, 6.45) is 3.43. The molecule has 0 radical (unpaired) electrons. The Morgan fingerprint density at radius 2 is 2.19 bits per heavy atom. The van der Waals surface area contributed by atoms with Gasteiger partial charge in [-0.15, -0.1) is 0 Å². The number of aliphatic hydroxyl groups is 1. The number of hydrogen-bond acceptors (Lipinski definition) is 6. The fourth-order valence-corrected chi connectivity index (χ4v) is 2.13. The maximum atomic E-state index is 8.83. The van der Waals surface area contributed by atoms with Gasteiger partial charge in [-0.2, -0.15) is 5.10 Å². The molecule has 0 atom stereocenters. The molecule has 2 aromatic heterocycles. The van der Waals surface area contributed by atoms with E-state index in [0.717, 1.165) is 18.9 Å². The molecule has 0 saturated heterocycles. The van der Waals surface area contributed by atoms with Crippen molar-refractivity contribution in [3.63, 3.8) is 0 Å². The summed E-state index contributed by atoms with van der Waals surface area (Å²) < 4.78 is 1.98. The second-order valence-electron chi connectivity index (χ2n) is 4.84. The van der Waals surface area contributed by atoms with Crippen molar-refractivity contribution >= 4 is 11.6 Å². The largest absolute Gasteiger partial charge is 0.395 e. The van der Waals surface area contributed by atoms with Crippen molar-refractivity contribution in [3.05, 3.63) is 29.8 Å². The summed E-state index contributed by atoms with van der Waals surface area (Å²) in [5, 5.41) is 16.2. The standard InChI is InChI=1S/C14H22N6O/c1-4-20-11(2)12(8-18-20)9-19(3)14-7-13(15-5-6-21)16-10-17-14/h7-8,10,21H,4-6,9H2,1-3H3,(H,15,16,17). The van der Waals surface area contributed by atoms with Crippen molar-refractivity contribution in [3.8, 4) is 0 Å². The van der Waals surface area contributed by atoms with E-state index in [4.69, 9.17) is 5.11 Å². The van der Waals surface area contributed by atoms with E-state index in [1.165, 1.54) is 17.6 Å². The molecule has 114 valence electrons. The normalized spacial score (nSPS) is 10.7. The van der Waals surface area contributed by atoms with Crippen LogP contribution in [0.4, 0.5) is 11.6 Å². The van der Waals surface area contributed by atoms with Crippen LogP contribution in [0.1, 0.15) is 18.2 Å². The SMILES string of the molecule is CCn1ncc(CN(C)c2cc(NCCO)ncn2)c1C. The maximum absolute atomic E-state index is 8.83. The van der Waals surface area contributed by atoms with Gasteiger partial charge in [-0.1, -0.05) is 0 Å². The van der Waals surface area contributed by atoms with Gasteiger partial charge in [-0.3, -0.25) is 4.68 Å². The third-order valence-electron chi connectivity index (χ3n) is 3.37. The Hall–Kier alpha value is -2.15. The minimum atomic E-state index is 0.0740. The molecule has 0 bridgehead atoms. The van der Waals surface area contributed by atoms with Crippen LogP contribution in [0.25, 0.3) is 0 Å². The molecule has 0 aliphatic rings. The van der Waals surface area contributed by atoms with Crippen molar-refractivity contribution in [1.29, 1.82) is 0 Å². The first-order valence-electron chi connectivity index (χ1n) is 7.05. The van der Waals surface area contributed by atoms with Gasteiger partial charge in [-0.25, -0.2) is 9.97 Å². The van der Waals surface area contributed by atoms with Gasteiger partial charge in [0.2, 0.25) is 0 Å². The van der Waals surface area contributed by atoms with E-state index in [9.17, 15) is 0 Å². The highest BCUT2D eigenvalue weighted by molar-refractivity contribution is 5.48. The van der Waals surface area contributed by atoms with Crippen LogP contribution in [-0.4, -0.2) is 45.1 Å². The van der Waals surface area contributed by atoms with Gasteiger partial charge in [0, 0.05) is 44.0 Å². The van der Waals surface area contributed by atoms with Crippen molar-refractivity contribution in [2.24, 2.45) is 0 Å². The zero-order valence-corrected chi connectivity index (χ0v) is 12.7. The Kier molecular flexibility index (Phi) is 5.10. The minimum Gasteiger partial charge on any atom is -0.395 e. The number of hydrogen-bond donors (Lipinski definition) is 2. The summed E-state index contributed by atoms with van der Waals surface area (Å²) in [6.45, 7) is 6.32. The first-order valence-corrected chi connectivity index (χ1v) is 7.05. The smallest absolute Gasteiger partial charge is 0.134 e. The Morgan fingerprint density at radius 3 is 2.86 bits per heavy atom. The fourth-order valence-electron chi connectivity index (χ4n) is 2.13. The summed E-state index contributed by atoms with van der Waals surface area (Å²) in [6, 6.07) is 1.87. The zero-order valence-electron chi connectivity index (χ0n) is 12.7. The van der Waals surface area contributed by atoms with Crippen LogP contribution >= 0.6 is 0 Å². The summed E-state index contributed by atoms with van der Waals surface area (Å²) in [7, 11) is 1.99. The van der Waals surface area contributed by atoms with E-state index in [1.807, 2.05) is 24.0 Å². The van der Waals surface area contributed by atoms with Gasteiger partial charge >= 0.3 is 0 Å². The minimum absolute atomic E-state index is 0.0740. The van der Waals surface area contributed by atoms with Crippen LogP contribution in [0.3, 0.4) is 0 Å². The van der Waals surface area contributed by atoms with Crippen LogP contribution in [0, 0.1) is 6.92 Å². The van der Waals surface area contributed by atoms with E-state index >= 15 is 0 Å². The van der Waals surface area contributed by atoms with E-state index in [0.29, 0.717) is 12.4 Å². The molecule has 2 aromatic rings. The molecule has 2 N–H and O–H groups in total. The Labute approximate surface area is 124 Å². The molecule has 7 nitrogen and oxygen atoms in total. The Morgan fingerprint density at radius 1 is 1.38 bits per heavy atom. The average Bonchev–Trinajstić information content (AvgIpc) is 2.86. The highest BCUT2D eigenvalue weighted by Crippen LogP contribution is 2.17. The first kappa shape index (κ1) is 15.2. The van der Waals surface area contributed by atoms with Crippen LogP contribution in [0.2, 0.25) is 0 Å². The van der Waals surface area contributed by atoms with Crippen LogP contribution in [0.5, 0.6) is 0 Å². The molecule has 0 aromatic carbocycles. The van der Waals surface area contributed by atoms with Gasteiger partial charge < -0.3 is 15.3 Å². The number of rotatable bonds is 7. The van der Waals surface area contributed by atoms with Crippen LogP contribution in [-0.2, 0) is 13.1 Å². The molecular weight excluding hydrogens is 268 g/mol. The Bertz CT molecular complexity index is 583. The van der Waals surface area contributed by atoms with Crippen molar-refractivity contribution in [2.45, 2.75) is 26.9 Å². The topological polar surface area (TPSA) is 79.1 Å². The van der Waals surface area contributed by atoms with Crippen molar-refractivity contribution < 1.29 is 5.11 Å². The summed E-state index contributed by atoms with van der Waals surface area (Å²) >= 11 is 0. The lowest BCUT2D eigenvalue weighted by Gasteiger charge is -2.18. The number of nitrogens with zero attached hydrogens (tertiary/aromatic N) is 5. The number of nitrogens with one attached hydrogen (secondary N) is 1. The molecule has 2 rings (SSSR count). The predicted molar refractivity (Wildman–Crippen MR) is 82.4 cm³/mol. The fraction of sp³-hybridized carbons (Fsp3) is 0.500. The van der Waals surface area contributed by atoms with Gasteiger partial charge in [-0.05, 0) is 13.8 Å². The average molecular weight is 290 g/mol. The third kappa shape index (κ3) is 3.69. The third-order valence-corrected chi connectivity index (χ3v) is 3.37. The second-order valence-corrected chi connectivity index (χ2v) is 4.84. The highest BCUT2D eigenvalue weighted by Gasteiger charge is 2.10. The Balaban J connectivity index is 2.08. The molecule has 21 heavy (non-hydrogen) atoms. The summed E-state index contributed by atoms with van der Waals surface area (Å²) in [5.41, 5.74) is 2.36.